The summed E-state index contributed by atoms with van der Waals surface area (Å²) in [6.07, 6.45) is 3.27. The van der Waals surface area contributed by atoms with Crippen LogP contribution >= 0.6 is 0 Å². The molecule has 0 bridgehead atoms. The Morgan fingerprint density at radius 1 is 1.00 bits per heavy atom. The highest BCUT2D eigenvalue weighted by molar-refractivity contribution is 6.46. The number of aryl methyl sites for hydroxylation is 2. The van der Waals surface area contributed by atoms with E-state index in [1.54, 1.807) is 36.7 Å². The lowest BCUT2D eigenvalue weighted by atomic mass is 9.92. The average molecular weight is 489 g/mol. The van der Waals surface area contributed by atoms with E-state index in [-0.39, 0.29) is 17.9 Å². The van der Waals surface area contributed by atoms with Gasteiger partial charge in [-0.3, -0.25) is 14.6 Å². The molecule has 1 amide bonds. The molecule has 3 aromatic rings. The SMILES string of the molecule is COc1cc(C2C(=C(O)c3cc(C)ccc3C)C(=O)C(=O)N2Cc2cccnc2)cc(OC)c1OC. The first-order valence-corrected chi connectivity index (χ1v) is 11.4. The number of hydrogen-bond acceptors (Lipinski definition) is 7. The van der Waals surface area contributed by atoms with Crippen LogP contribution in [0.5, 0.6) is 17.2 Å². The summed E-state index contributed by atoms with van der Waals surface area (Å²) in [7, 11) is 4.47. The summed E-state index contributed by atoms with van der Waals surface area (Å²) in [4.78, 5) is 32.3. The molecule has 1 aliphatic heterocycles. The van der Waals surface area contributed by atoms with Crippen LogP contribution in [0.2, 0.25) is 0 Å². The van der Waals surface area contributed by atoms with E-state index in [9.17, 15) is 14.7 Å². The Morgan fingerprint density at radius 2 is 1.69 bits per heavy atom. The van der Waals surface area contributed by atoms with E-state index in [1.165, 1.54) is 26.2 Å². The standard InChI is InChI=1S/C28H28N2O6/c1-16-8-9-17(2)20(11-16)25(31)23-24(19-12-21(34-3)27(36-5)22(13-19)35-4)30(28(33)26(23)32)15-18-7-6-10-29-14-18/h6-14,24,31H,15H2,1-5H3. The zero-order chi connectivity index (χ0) is 26.0. The maximum atomic E-state index is 13.4. The molecule has 1 atom stereocenters. The Bertz CT molecular complexity index is 1320. The molecule has 0 saturated carbocycles. The van der Waals surface area contributed by atoms with E-state index in [0.29, 0.717) is 28.4 Å². The van der Waals surface area contributed by atoms with Crippen LogP contribution < -0.4 is 14.2 Å². The Morgan fingerprint density at radius 3 is 2.28 bits per heavy atom. The molecule has 0 aliphatic carbocycles. The number of aliphatic hydroxyl groups excluding tert-OH is 1. The van der Waals surface area contributed by atoms with E-state index in [1.807, 2.05) is 32.0 Å². The molecule has 1 unspecified atom stereocenters. The molecular formula is C28H28N2O6. The molecule has 0 spiro atoms. The molecule has 0 radical (unpaired) electrons. The first-order valence-electron chi connectivity index (χ1n) is 11.4. The topological polar surface area (TPSA) is 98.2 Å². The predicted octanol–water partition coefficient (Wildman–Crippen LogP) is 4.35. The number of aliphatic hydroxyl groups is 1. The van der Waals surface area contributed by atoms with Gasteiger partial charge in [0.05, 0.1) is 32.9 Å². The first kappa shape index (κ1) is 24.8. The molecule has 1 fully saturated rings. The predicted molar refractivity (Wildman–Crippen MR) is 134 cm³/mol. The fourth-order valence-electron chi connectivity index (χ4n) is 4.47. The van der Waals surface area contributed by atoms with Gasteiger partial charge >= 0.3 is 0 Å². The normalized spacial score (nSPS) is 16.8. The van der Waals surface area contributed by atoms with E-state index in [4.69, 9.17) is 14.2 Å². The maximum Gasteiger partial charge on any atom is 0.295 e. The van der Waals surface area contributed by atoms with Crippen LogP contribution in [0.1, 0.15) is 33.9 Å². The quantitative estimate of drug-likeness (QED) is 0.300. The molecule has 186 valence electrons. The Balaban J connectivity index is 1.98. The summed E-state index contributed by atoms with van der Waals surface area (Å²) in [5.41, 5.74) is 3.44. The maximum absolute atomic E-state index is 13.4. The van der Waals surface area contributed by atoms with Gasteiger partial charge in [0.2, 0.25) is 5.75 Å². The molecular weight excluding hydrogens is 460 g/mol. The zero-order valence-corrected chi connectivity index (χ0v) is 20.9. The summed E-state index contributed by atoms with van der Waals surface area (Å²) in [5.74, 6) is -0.610. The number of methoxy groups -OCH3 is 3. The minimum atomic E-state index is -0.904. The molecule has 1 aromatic heterocycles. The lowest BCUT2D eigenvalue weighted by Crippen LogP contribution is -2.29. The minimum absolute atomic E-state index is 0.00753. The van der Waals surface area contributed by atoms with Gasteiger partial charge in [-0.15, -0.1) is 0 Å². The van der Waals surface area contributed by atoms with Crippen molar-refractivity contribution in [1.29, 1.82) is 0 Å². The van der Waals surface area contributed by atoms with Crippen molar-refractivity contribution in [2.24, 2.45) is 0 Å². The number of ketones is 1. The molecule has 8 nitrogen and oxygen atoms in total. The molecule has 2 aromatic carbocycles. The zero-order valence-electron chi connectivity index (χ0n) is 20.9. The number of carbonyl (C=O) groups excluding carboxylic acids is 2. The molecule has 4 rings (SSSR count). The van der Waals surface area contributed by atoms with Crippen LogP contribution in [0.3, 0.4) is 0 Å². The summed E-state index contributed by atoms with van der Waals surface area (Å²) < 4.78 is 16.5. The lowest BCUT2D eigenvalue weighted by molar-refractivity contribution is -0.140. The number of Topliss-reactive ketones (excluding diaryl/α,β-unsaturated/α-hetero) is 1. The number of nitrogens with zero attached hydrogens (tertiary/aromatic N) is 2. The van der Waals surface area contributed by atoms with Crippen LogP contribution in [0.15, 0.2) is 60.4 Å². The van der Waals surface area contributed by atoms with Gasteiger partial charge in [0.25, 0.3) is 11.7 Å². The molecule has 2 heterocycles. The number of rotatable bonds is 7. The van der Waals surface area contributed by atoms with Gasteiger partial charge in [-0.25, -0.2) is 0 Å². The number of benzene rings is 2. The largest absolute Gasteiger partial charge is 0.507 e. The number of carbonyl (C=O) groups is 2. The third kappa shape index (κ3) is 4.37. The van der Waals surface area contributed by atoms with Crippen LogP contribution in [0.4, 0.5) is 0 Å². The number of hydrogen-bond donors (Lipinski definition) is 1. The van der Waals surface area contributed by atoms with E-state index in [2.05, 4.69) is 4.98 Å². The average Bonchev–Trinajstić information content (AvgIpc) is 3.14. The highest BCUT2D eigenvalue weighted by atomic mass is 16.5. The van der Waals surface area contributed by atoms with Crippen LogP contribution in [0.25, 0.3) is 5.76 Å². The summed E-state index contributed by atoms with van der Waals surface area (Å²) in [6, 6.07) is 11.6. The third-order valence-corrected chi connectivity index (χ3v) is 6.27. The highest BCUT2D eigenvalue weighted by Crippen LogP contribution is 2.46. The van der Waals surface area contributed by atoms with Crippen molar-refractivity contribution in [3.8, 4) is 17.2 Å². The van der Waals surface area contributed by atoms with Gasteiger partial charge in [-0.1, -0.05) is 23.8 Å². The summed E-state index contributed by atoms with van der Waals surface area (Å²) in [6.45, 7) is 3.85. The van der Waals surface area contributed by atoms with E-state index in [0.717, 1.165) is 16.7 Å². The molecule has 1 saturated heterocycles. The molecule has 1 aliphatic rings. The molecule has 8 heteroatoms. The van der Waals surface area contributed by atoms with Crippen LogP contribution in [-0.4, -0.2) is 48.0 Å². The van der Waals surface area contributed by atoms with Gasteiger partial charge < -0.3 is 24.2 Å². The van der Waals surface area contributed by atoms with Crippen LogP contribution in [-0.2, 0) is 16.1 Å². The number of amides is 1. The van der Waals surface area contributed by atoms with Crippen molar-refractivity contribution in [3.05, 3.63) is 88.2 Å². The minimum Gasteiger partial charge on any atom is -0.507 e. The van der Waals surface area contributed by atoms with Crippen molar-refractivity contribution in [2.45, 2.75) is 26.4 Å². The molecule has 36 heavy (non-hydrogen) atoms. The number of ether oxygens (including phenoxy) is 3. The number of pyridine rings is 1. The Kier molecular flexibility index (Phi) is 6.96. The third-order valence-electron chi connectivity index (χ3n) is 6.27. The molecule has 1 N–H and O–H groups in total. The van der Waals surface area contributed by atoms with Crippen molar-refractivity contribution in [3.63, 3.8) is 0 Å². The first-order chi connectivity index (χ1) is 17.3. The fraction of sp³-hybridized carbons (Fsp3) is 0.250. The summed E-state index contributed by atoms with van der Waals surface area (Å²) >= 11 is 0. The highest BCUT2D eigenvalue weighted by Gasteiger charge is 2.46. The fourth-order valence-corrected chi connectivity index (χ4v) is 4.47. The van der Waals surface area contributed by atoms with Gasteiger partial charge in [-0.05, 0) is 54.8 Å². The van der Waals surface area contributed by atoms with Crippen molar-refractivity contribution >= 4 is 17.4 Å². The van der Waals surface area contributed by atoms with Crippen molar-refractivity contribution < 1.29 is 28.9 Å². The van der Waals surface area contributed by atoms with Crippen molar-refractivity contribution in [1.82, 2.24) is 9.88 Å². The Labute approximate surface area is 209 Å². The van der Waals surface area contributed by atoms with Crippen LogP contribution in [0, 0.1) is 13.8 Å². The summed E-state index contributed by atoms with van der Waals surface area (Å²) in [5, 5.41) is 11.5. The number of likely N-dealkylation sites (tertiary alicyclic amines) is 1. The van der Waals surface area contributed by atoms with Crippen molar-refractivity contribution in [2.75, 3.05) is 21.3 Å². The number of aromatic nitrogens is 1. The second kappa shape index (κ2) is 10.1. The second-order valence-electron chi connectivity index (χ2n) is 8.57. The van der Waals surface area contributed by atoms with Gasteiger partial charge in [0.1, 0.15) is 5.76 Å². The monoisotopic (exact) mass is 488 g/mol. The van der Waals surface area contributed by atoms with E-state index >= 15 is 0 Å². The Hall–Kier alpha value is -4.33. The smallest absolute Gasteiger partial charge is 0.295 e. The van der Waals surface area contributed by atoms with Gasteiger partial charge in [-0.2, -0.15) is 0 Å². The lowest BCUT2D eigenvalue weighted by Gasteiger charge is -2.26. The van der Waals surface area contributed by atoms with Gasteiger partial charge in [0, 0.05) is 24.5 Å². The second-order valence-corrected chi connectivity index (χ2v) is 8.57. The van der Waals surface area contributed by atoms with Gasteiger partial charge in [0.15, 0.2) is 11.5 Å². The van der Waals surface area contributed by atoms with E-state index < -0.39 is 17.7 Å².